The molecular formula is C23H31FIN7O. The number of urea groups is 1. The molecule has 2 aliphatic rings. The van der Waals surface area contributed by atoms with Gasteiger partial charge < -0.3 is 25.8 Å². The largest absolute Gasteiger partial charge is 0.352 e. The predicted octanol–water partition coefficient (Wildman–Crippen LogP) is 3.41. The number of carbonyl (C=O) groups is 1. The summed E-state index contributed by atoms with van der Waals surface area (Å²) in [6, 6.07) is 10.9. The third-order valence-corrected chi connectivity index (χ3v) is 5.82. The number of nitrogens with zero attached hydrogens (tertiary/aromatic N) is 4. The molecule has 178 valence electrons. The van der Waals surface area contributed by atoms with Gasteiger partial charge in [-0.1, -0.05) is 12.1 Å². The lowest BCUT2D eigenvalue weighted by Gasteiger charge is -2.20. The molecule has 33 heavy (non-hydrogen) atoms. The summed E-state index contributed by atoms with van der Waals surface area (Å²) in [7, 11) is 1.73. The van der Waals surface area contributed by atoms with Crippen molar-refractivity contribution in [1.29, 1.82) is 0 Å². The van der Waals surface area contributed by atoms with E-state index in [1.165, 1.54) is 6.07 Å². The van der Waals surface area contributed by atoms with E-state index >= 15 is 0 Å². The lowest BCUT2D eigenvalue weighted by atomic mass is 10.2. The molecule has 1 atom stereocenters. The lowest BCUT2D eigenvalue weighted by Crippen LogP contribution is -2.44. The number of hydrogen-bond acceptors (Lipinski definition) is 4. The summed E-state index contributed by atoms with van der Waals surface area (Å²) in [6.07, 6.45) is 4.62. The van der Waals surface area contributed by atoms with Gasteiger partial charge >= 0.3 is 6.03 Å². The zero-order chi connectivity index (χ0) is 22.3. The van der Waals surface area contributed by atoms with E-state index in [1.807, 2.05) is 34.1 Å². The summed E-state index contributed by atoms with van der Waals surface area (Å²) in [6.45, 7) is 3.60. The molecule has 0 radical (unpaired) electrons. The second-order valence-electron chi connectivity index (χ2n) is 8.14. The van der Waals surface area contributed by atoms with E-state index in [-0.39, 0.29) is 41.9 Å². The molecule has 2 aliphatic heterocycles. The number of aliphatic imine (C=N–C) groups is 1. The first kappa shape index (κ1) is 25.0. The van der Waals surface area contributed by atoms with Crippen LogP contribution in [0.2, 0.25) is 0 Å². The number of aromatic nitrogens is 1. The van der Waals surface area contributed by atoms with Crippen LogP contribution in [-0.4, -0.2) is 61.1 Å². The van der Waals surface area contributed by atoms with Gasteiger partial charge in [0.2, 0.25) is 0 Å². The summed E-state index contributed by atoms with van der Waals surface area (Å²) in [5, 5.41) is 9.71. The molecule has 0 bridgehead atoms. The molecule has 2 fully saturated rings. The van der Waals surface area contributed by atoms with Crippen LogP contribution in [-0.2, 0) is 6.54 Å². The Morgan fingerprint density at radius 3 is 2.79 bits per heavy atom. The highest BCUT2D eigenvalue weighted by Crippen LogP contribution is 2.21. The van der Waals surface area contributed by atoms with Gasteiger partial charge in [0.15, 0.2) is 17.6 Å². The molecule has 3 heterocycles. The van der Waals surface area contributed by atoms with E-state index in [0.717, 1.165) is 50.1 Å². The number of amides is 2. The van der Waals surface area contributed by atoms with Gasteiger partial charge in [0.05, 0.1) is 0 Å². The van der Waals surface area contributed by atoms with Crippen LogP contribution in [0.25, 0.3) is 0 Å². The van der Waals surface area contributed by atoms with Crippen molar-refractivity contribution in [2.75, 3.05) is 43.4 Å². The van der Waals surface area contributed by atoms with Crippen LogP contribution < -0.4 is 20.9 Å². The maximum absolute atomic E-state index is 14.0. The van der Waals surface area contributed by atoms with E-state index in [2.05, 4.69) is 25.9 Å². The Bertz CT molecular complexity index is 967. The Hall–Kier alpha value is -2.63. The second kappa shape index (κ2) is 12.0. The molecule has 8 nitrogen and oxygen atoms in total. The zero-order valence-electron chi connectivity index (χ0n) is 18.8. The number of benzene rings is 1. The van der Waals surface area contributed by atoms with Crippen LogP contribution >= 0.6 is 24.0 Å². The van der Waals surface area contributed by atoms with Crippen molar-refractivity contribution in [1.82, 2.24) is 20.5 Å². The number of likely N-dealkylation sites (tertiary alicyclic amines) is 1. The minimum Gasteiger partial charge on any atom is -0.352 e. The summed E-state index contributed by atoms with van der Waals surface area (Å²) < 4.78 is 14.0. The Morgan fingerprint density at radius 1 is 1.21 bits per heavy atom. The number of anilines is 2. The number of guanidine groups is 1. The summed E-state index contributed by atoms with van der Waals surface area (Å²) in [5.41, 5.74) is 1.82. The first-order valence-electron chi connectivity index (χ1n) is 11.1. The fraction of sp³-hybridized carbons (Fsp3) is 0.435. The molecular weight excluding hydrogens is 536 g/mol. The first-order chi connectivity index (χ1) is 15.6. The molecule has 1 unspecified atom stereocenters. The fourth-order valence-electron chi connectivity index (χ4n) is 4.14. The number of hydrogen-bond donors (Lipinski definition) is 3. The average Bonchev–Trinajstić information content (AvgIpc) is 3.50. The number of nitrogens with one attached hydrogen (secondary N) is 3. The molecule has 3 N–H and O–H groups in total. The normalized spacial score (nSPS) is 18.1. The lowest BCUT2D eigenvalue weighted by molar-refractivity contribution is 0.222. The smallest absolute Gasteiger partial charge is 0.321 e. The number of halogens is 2. The molecule has 0 spiro atoms. The molecule has 2 saturated heterocycles. The van der Waals surface area contributed by atoms with E-state index < -0.39 is 0 Å². The molecule has 10 heteroatoms. The van der Waals surface area contributed by atoms with Gasteiger partial charge in [-0.05, 0) is 49.1 Å². The van der Waals surface area contributed by atoms with Crippen LogP contribution in [0.1, 0.15) is 24.8 Å². The quantitative estimate of drug-likeness (QED) is 0.293. The average molecular weight is 567 g/mol. The van der Waals surface area contributed by atoms with Gasteiger partial charge in [-0.25, -0.2) is 14.2 Å². The van der Waals surface area contributed by atoms with Crippen LogP contribution in [0.15, 0.2) is 47.6 Å². The van der Waals surface area contributed by atoms with Crippen LogP contribution in [0.4, 0.5) is 20.7 Å². The molecule has 0 aliphatic carbocycles. The Morgan fingerprint density at radius 2 is 2.03 bits per heavy atom. The number of carbonyl (C=O) groups excluding carboxylic acids is 1. The summed E-state index contributed by atoms with van der Waals surface area (Å²) in [5.74, 6) is 0.782. The van der Waals surface area contributed by atoms with Gasteiger partial charge in [-0.15, -0.1) is 24.0 Å². The number of pyridine rings is 1. The van der Waals surface area contributed by atoms with Crippen molar-refractivity contribution in [3.8, 4) is 0 Å². The van der Waals surface area contributed by atoms with Crippen LogP contribution in [0.3, 0.4) is 0 Å². The minimum absolute atomic E-state index is 0. The van der Waals surface area contributed by atoms with E-state index in [0.29, 0.717) is 24.9 Å². The Kier molecular flexibility index (Phi) is 9.10. The Labute approximate surface area is 211 Å². The van der Waals surface area contributed by atoms with E-state index in [1.54, 1.807) is 19.3 Å². The van der Waals surface area contributed by atoms with Crippen LogP contribution in [0, 0.1) is 5.82 Å². The first-order valence-corrected chi connectivity index (χ1v) is 11.1. The topological polar surface area (TPSA) is 84.9 Å². The monoisotopic (exact) mass is 567 g/mol. The third-order valence-electron chi connectivity index (χ3n) is 5.82. The highest BCUT2D eigenvalue weighted by molar-refractivity contribution is 14.0. The summed E-state index contributed by atoms with van der Waals surface area (Å²) in [4.78, 5) is 24.6. The maximum Gasteiger partial charge on any atom is 0.321 e. The van der Waals surface area contributed by atoms with Gasteiger partial charge in [-0.2, -0.15) is 0 Å². The van der Waals surface area contributed by atoms with Crippen molar-refractivity contribution in [2.24, 2.45) is 4.99 Å². The van der Waals surface area contributed by atoms with Crippen molar-refractivity contribution < 1.29 is 9.18 Å². The SMILES string of the molecule is CN=C(NCc1cccc(NC(=O)N2CCCC2)c1)NC1CCN(c2ncccc2F)C1.I. The fourth-order valence-corrected chi connectivity index (χ4v) is 4.14. The van der Waals surface area contributed by atoms with Gasteiger partial charge in [0.25, 0.3) is 0 Å². The standard InChI is InChI=1S/C23H30FN7O.HI/c1-25-22(28-19-9-13-31(16-19)21-20(24)8-5-10-26-21)27-15-17-6-4-7-18(14-17)29-23(32)30-11-2-3-12-30;/h4-8,10,14,19H,2-3,9,11-13,15-16H2,1H3,(H,29,32)(H2,25,27,28);1H. The van der Waals surface area contributed by atoms with Gasteiger partial charge in [-0.3, -0.25) is 4.99 Å². The van der Waals surface area contributed by atoms with Crippen molar-refractivity contribution in [3.63, 3.8) is 0 Å². The van der Waals surface area contributed by atoms with Gasteiger partial charge in [0, 0.05) is 57.7 Å². The Balaban J connectivity index is 0.00000306. The predicted molar refractivity (Wildman–Crippen MR) is 140 cm³/mol. The second-order valence-corrected chi connectivity index (χ2v) is 8.14. The maximum atomic E-state index is 14.0. The molecule has 4 rings (SSSR count). The molecule has 1 aromatic heterocycles. The van der Waals surface area contributed by atoms with Crippen molar-refractivity contribution >= 4 is 47.5 Å². The highest BCUT2D eigenvalue weighted by atomic mass is 127. The third kappa shape index (κ3) is 6.68. The number of rotatable bonds is 5. The van der Waals surface area contributed by atoms with Crippen molar-refractivity contribution in [2.45, 2.75) is 31.8 Å². The molecule has 0 saturated carbocycles. The zero-order valence-corrected chi connectivity index (χ0v) is 21.1. The van der Waals surface area contributed by atoms with E-state index in [4.69, 9.17) is 0 Å². The molecule has 2 amide bonds. The van der Waals surface area contributed by atoms with Gasteiger partial charge in [0.1, 0.15) is 0 Å². The van der Waals surface area contributed by atoms with E-state index in [9.17, 15) is 9.18 Å². The summed E-state index contributed by atoms with van der Waals surface area (Å²) >= 11 is 0. The van der Waals surface area contributed by atoms with Crippen molar-refractivity contribution in [3.05, 3.63) is 54.0 Å². The highest BCUT2D eigenvalue weighted by Gasteiger charge is 2.26. The minimum atomic E-state index is -0.299. The van der Waals surface area contributed by atoms with Crippen LogP contribution in [0.5, 0.6) is 0 Å². The molecule has 1 aromatic carbocycles. The molecule has 2 aromatic rings.